The number of methoxy groups -OCH3 is 2. The Bertz CT molecular complexity index is 1370. The number of aromatic nitrogens is 3. The molecule has 34 heavy (non-hydrogen) atoms. The molecule has 2 aromatic heterocycles. The molecule has 8 nitrogen and oxygen atoms in total. The third-order valence-corrected chi connectivity index (χ3v) is 6.03. The van der Waals surface area contributed by atoms with Gasteiger partial charge in [-0.3, -0.25) is 9.36 Å². The zero-order valence-corrected chi connectivity index (χ0v) is 20.2. The van der Waals surface area contributed by atoms with E-state index in [1.807, 2.05) is 30.3 Å². The number of hydrogen-bond donors (Lipinski definition) is 2. The molecular formula is C24H23Cl2N5O3. The third-order valence-electron chi connectivity index (χ3n) is 5.28. The second kappa shape index (κ2) is 10.3. The maximum Gasteiger partial charge on any atom is 0.260 e. The Hall–Kier alpha value is -3.33. The van der Waals surface area contributed by atoms with Crippen LogP contribution in [0.15, 0.2) is 53.5 Å². The fraction of sp³-hybridized carbons (Fsp3) is 0.208. The lowest BCUT2D eigenvalue weighted by Crippen LogP contribution is -2.24. The minimum atomic E-state index is -0.320. The quantitative estimate of drug-likeness (QED) is 0.374. The molecule has 0 atom stereocenters. The molecule has 0 aliphatic rings. The molecule has 2 heterocycles. The Morgan fingerprint density at radius 1 is 1.06 bits per heavy atom. The summed E-state index contributed by atoms with van der Waals surface area (Å²) in [5.74, 6) is 1.06. The van der Waals surface area contributed by atoms with Crippen LogP contribution in [0.2, 0.25) is 10.0 Å². The summed E-state index contributed by atoms with van der Waals surface area (Å²) < 4.78 is 12.4. The highest BCUT2D eigenvalue weighted by molar-refractivity contribution is 6.41. The summed E-state index contributed by atoms with van der Waals surface area (Å²) in [6, 6.07) is 12.9. The molecule has 0 unspecified atom stereocenters. The van der Waals surface area contributed by atoms with E-state index in [0.29, 0.717) is 47.1 Å². The second-order valence-electron chi connectivity index (χ2n) is 7.41. The van der Waals surface area contributed by atoms with Crippen LogP contribution in [0.3, 0.4) is 0 Å². The fourth-order valence-electron chi connectivity index (χ4n) is 3.64. The van der Waals surface area contributed by atoms with Crippen molar-refractivity contribution < 1.29 is 9.47 Å². The first-order chi connectivity index (χ1) is 16.5. The van der Waals surface area contributed by atoms with E-state index in [4.69, 9.17) is 38.4 Å². The molecule has 4 aromatic rings. The van der Waals surface area contributed by atoms with Crippen LogP contribution in [0.4, 0.5) is 5.95 Å². The predicted molar refractivity (Wildman–Crippen MR) is 135 cm³/mol. The first-order valence-electron chi connectivity index (χ1n) is 10.5. The Morgan fingerprint density at radius 3 is 2.35 bits per heavy atom. The Labute approximate surface area is 206 Å². The molecule has 0 saturated heterocycles. The number of anilines is 1. The van der Waals surface area contributed by atoms with Crippen molar-refractivity contribution in [1.82, 2.24) is 14.5 Å². The van der Waals surface area contributed by atoms with Crippen molar-refractivity contribution in [2.75, 3.05) is 32.6 Å². The van der Waals surface area contributed by atoms with E-state index in [1.165, 1.54) is 14.2 Å². The topological polar surface area (TPSA) is 104 Å². The number of nitrogens with one attached hydrogen (secondary N) is 1. The number of benzene rings is 2. The van der Waals surface area contributed by atoms with E-state index in [1.54, 1.807) is 22.9 Å². The van der Waals surface area contributed by atoms with Crippen molar-refractivity contribution >= 4 is 40.2 Å². The largest absolute Gasteiger partial charge is 0.495 e. The van der Waals surface area contributed by atoms with Gasteiger partial charge in [0.05, 0.1) is 36.4 Å². The summed E-state index contributed by atoms with van der Waals surface area (Å²) in [6.45, 7) is 1.21. The van der Waals surface area contributed by atoms with Gasteiger partial charge in [0.1, 0.15) is 17.1 Å². The number of fused-ring (bicyclic) bond motifs is 1. The summed E-state index contributed by atoms with van der Waals surface area (Å²) in [4.78, 5) is 22.8. The zero-order chi connectivity index (χ0) is 24.2. The van der Waals surface area contributed by atoms with E-state index >= 15 is 0 Å². The third kappa shape index (κ3) is 4.52. The lowest BCUT2D eigenvalue weighted by molar-refractivity contribution is 0.395. The first kappa shape index (κ1) is 23.8. The summed E-state index contributed by atoms with van der Waals surface area (Å²) in [7, 11) is 2.96. The van der Waals surface area contributed by atoms with Crippen molar-refractivity contribution in [1.29, 1.82) is 0 Å². The van der Waals surface area contributed by atoms with Gasteiger partial charge < -0.3 is 20.5 Å². The van der Waals surface area contributed by atoms with Gasteiger partial charge in [-0.2, -0.15) is 4.98 Å². The fourth-order valence-corrected chi connectivity index (χ4v) is 4.35. The van der Waals surface area contributed by atoms with Crippen molar-refractivity contribution in [2.45, 2.75) is 6.54 Å². The number of nitrogens with zero attached hydrogens (tertiary/aromatic N) is 3. The van der Waals surface area contributed by atoms with Crippen LogP contribution in [-0.2, 0) is 6.54 Å². The average Bonchev–Trinajstić information content (AvgIpc) is 2.86. The number of ether oxygens (including phenoxy) is 2. The molecule has 0 spiro atoms. The molecule has 0 amide bonds. The predicted octanol–water partition coefficient (Wildman–Crippen LogP) is 4.20. The highest BCUT2D eigenvalue weighted by Crippen LogP contribution is 2.45. The summed E-state index contributed by atoms with van der Waals surface area (Å²) >= 11 is 13.3. The molecule has 4 rings (SSSR count). The SMILES string of the molecule is COc1cc(OC)c(Cl)c(-c2cc3cnc(NCCN)nc3n(Cc3ccccc3)c2=O)c1Cl. The minimum Gasteiger partial charge on any atom is -0.495 e. The Kier molecular flexibility index (Phi) is 7.21. The zero-order valence-electron chi connectivity index (χ0n) is 18.6. The molecule has 2 aromatic carbocycles. The van der Waals surface area contributed by atoms with Crippen LogP contribution in [0, 0.1) is 0 Å². The van der Waals surface area contributed by atoms with Crippen molar-refractivity contribution in [3.05, 3.63) is 74.6 Å². The Morgan fingerprint density at radius 2 is 1.74 bits per heavy atom. The average molecular weight is 500 g/mol. The normalized spacial score (nSPS) is 11.0. The molecule has 10 heteroatoms. The van der Waals surface area contributed by atoms with Gasteiger partial charge in [0.15, 0.2) is 0 Å². The van der Waals surface area contributed by atoms with Crippen LogP contribution < -0.4 is 26.1 Å². The first-order valence-corrected chi connectivity index (χ1v) is 11.2. The van der Waals surface area contributed by atoms with E-state index in [9.17, 15) is 4.79 Å². The van der Waals surface area contributed by atoms with Crippen LogP contribution >= 0.6 is 23.2 Å². The molecule has 3 N–H and O–H groups in total. The van der Waals surface area contributed by atoms with Crippen molar-refractivity contribution in [2.24, 2.45) is 5.73 Å². The smallest absolute Gasteiger partial charge is 0.260 e. The Balaban J connectivity index is 2.02. The summed E-state index contributed by atoms with van der Waals surface area (Å²) in [5, 5.41) is 4.10. The van der Waals surface area contributed by atoms with Gasteiger partial charge in [0.2, 0.25) is 5.95 Å². The standard InChI is InChI=1S/C24H23Cl2N5O3/c1-33-17-11-18(34-2)21(26)19(20(17)25)16-10-15-12-29-24(28-9-8-27)30-22(15)31(23(16)32)13-14-6-4-3-5-7-14/h3-7,10-12H,8-9,13,27H2,1-2H3,(H,28,29,30). The lowest BCUT2D eigenvalue weighted by Gasteiger charge is -2.17. The summed E-state index contributed by atoms with van der Waals surface area (Å²) in [6.07, 6.45) is 1.64. The van der Waals surface area contributed by atoms with Gasteiger partial charge in [-0.15, -0.1) is 0 Å². The van der Waals surface area contributed by atoms with Gasteiger partial charge in [-0.05, 0) is 11.6 Å². The number of hydrogen-bond acceptors (Lipinski definition) is 7. The van der Waals surface area contributed by atoms with Gasteiger partial charge in [-0.25, -0.2) is 4.98 Å². The molecule has 176 valence electrons. The maximum absolute atomic E-state index is 13.9. The van der Waals surface area contributed by atoms with E-state index < -0.39 is 0 Å². The van der Waals surface area contributed by atoms with Crippen LogP contribution in [0.25, 0.3) is 22.2 Å². The van der Waals surface area contributed by atoms with Crippen LogP contribution in [0.5, 0.6) is 11.5 Å². The molecule has 0 aliphatic carbocycles. The highest BCUT2D eigenvalue weighted by Gasteiger charge is 2.23. The minimum absolute atomic E-state index is 0.207. The molecular weight excluding hydrogens is 477 g/mol. The van der Waals surface area contributed by atoms with Crippen LogP contribution in [-0.4, -0.2) is 41.8 Å². The van der Waals surface area contributed by atoms with Crippen molar-refractivity contribution in [3.63, 3.8) is 0 Å². The van der Waals surface area contributed by atoms with Gasteiger partial charge in [0.25, 0.3) is 5.56 Å². The number of pyridine rings is 1. The number of nitrogens with two attached hydrogens (primary N) is 1. The monoisotopic (exact) mass is 499 g/mol. The molecule has 0 radical (unpaired) electrons. The van der Waals surface area contributed by atoms with E-state index in [-0.39, 0.29) is 27.7 Å². The van der Waals surface area contributed by atoms with Crippen molar-refractivity contribution in [3.8, 4) is 22.6 Å². The lowest BCUT2D eigenvalue weighted by atomic mass is 10.0. The van der Waals surface area contributed by atoms with E-state index in [2.05, 4.69) is 15.3 Å². The van der Waals surface area contributed by atoms with Gasteiger partial charge >= 0.3 is 0 Å². The number of rotatable bonds is 8. The number of halogens is 2. The molecule has 0 fully saturated rings. The van der Waals surface area contributed by atoms with Crippen LogP contribution in [0.1, 0.15) is 5.56 Å². The van der Waals surface area contributed by atoms with E-state index in [0.717, 1.165) is 5.56 Å². The van der Waals surface area contributed by atoms with Gasteiger partial charge in [-0.1, -0.05) is 53.5 Å². The van der Waals surface area contributed by atoms with Gasteiger partial charge in [0, 0.05) is 36.3 Å². The highest BCUT2D eigenvalue weighted by atomic mass is 35.5. The second-order valence-corrected chi connectivity index (χ2v) is 8.16. The molecule has 0 saturated carbocycles. The molecule has 0 aliphatic heterocycles. The molecule has 0 bridgehead atoms. The summed E-state index contributed by atoms with van der Waals surface area (Å²) in [5.41, 5.74) is 7.26. The maximum atomic E-state index is 13.9.